The minimum atomic E-state index is -0.465. The summed E-state index contributed by atoms with van der Waals surface area (Å²) in [4.78, 5) is 25.3. The Balaban J connectivity index is 1.27. The molecule has 0 aliphatic carbocycles. The van der Waals surface area contributed by atoms with Crippen LogP contribution in [0.25, 0.3) is 22.5 Å². The van der Waals surface area contributed by atoms with Gasteiger partial charge in [0, 0.05) is 87.3 Å². The van der Waals surface area contributed by atoms with E-state index in [1.807, 2.05) is 18.5 Å². The Morgan fingerprint density at radius 2 is 1.86 bits per heavy atom. The largest absolute Gasteiger partial charge is 0.496 e. The lowest BCUT2D eigenvalue weighted by Gasteiger charge is -2.33. The number of nitrogens with one attached hydrogen (secondary N) is 1. The number of nitrogens with zero attached hydrogens (tertiary/aromatic N) is 7. The number of β-amino-alcohol motifs (C(OH)–C–C–N with tert-alkyl or cyclic N) is 1. The number of hydrogen-bond donors (Lipinski definition) is 2. The molecule has 2 N–H and O–H groups in total. The summed E-state index contributed by atoms with van der Waals surface area (Å²) in [6.07, 6.45) is 6.61. The van der Waals surface area contributed by atoms with Gasteiger partial charge in [-0.3, -0.25) is 9.88 Å². The molecule has 224 valence electrons. The third-order valence-corrected chi connectivity index (χ3v) is 8.07. The number of halogens is 1. The molecule has 3 aromatic heterocycles. The van der Waals surface area contributed by atoms with Gasteiger partial charge in [-0.1, -0.05) is 12.1 Å². The van der Waals surface area contributed by atoms with Crippen molar-refractivity contribution in [2.24, 2.45) is 0 Å². The quantitative estimate of drug-likeness (QED) is 0.313. The summed E-state index contributed by atoms with van der Waals surface area (Å²) in [6.45, 7) is 6.43. The second-order valence-corrected chi connectivity index (χ2v) is 11.2. The Labute approximate surface area is 251 Å². The topological polar surface area (TPSA) is 103 Å². The van der Waals surface area contributed by atoms with Gasteiger partial charge < -0.3 is 25.0 Å². The normalized spacial score (nSPS) is 18.0. The fraction of sp³-hybridized carbons (Fsp3) is 0.375. The molecule has 0 amide bonds. The number of aliphatic hydroxyl groups is 1. The molecule has 2 fully saturated rings. The van der Waals surface area contributed by atoms with Gasteiger partial charge in [0.05, 0.1) is 24.5 Å². The molecule has 2 aliphatic heterocycles. The number of rotatable bonds is 8. The number of methoxy groups -OCH3 is 1. The van der Waals surface area contributed by atoms with Crippen LogP contribution in [0.3, 0.4) is 0 Å². The highest BCUT2D eigenvalue weighted by Gasteiger charge is 2.22. The number of aliphatic hydroxyl groups excluding tert-OH is 1. The van der Waals surface area contributed by atoms with E-state index >= 15 is 0 Å². The van der Waals surface area contributed by atoms with Gasteiger partial charge in [0.15, 0.2) is 5.82 Å². The molecule has 6 rings (SSSR count). The fourth-order valence-corrected chi connectivity index (χ4v) is 5.65. The van der Waals surface area contributed by atoms with Gasteiger partial charge in [0.1, 0.15) is 23.2 Å². The lowest BCUT2D eigenvalue weighted by Crippen LogP contribution is -2.43. The Morgan fingerprint density at radius 1 is 1.00 bits per heavy atom. The highest BCUT2D eigenvalue weighted by Crippen LogP contribution is 2.35. The molecule has 0 spiro atoms. The van der Waals surface area contributed by atoms with Gasteiger partial charge in [-0.05, 0) is 44.2 Å². The summed E-state index contributed by atoms with van der Waals surface area (Å²) in [6, 6.07) is 12.5. The molecule has 0 unspecified atom stereocenters. The first-order valence-electron chi connectivity index (χ1n) is 14.7. The number of benzene rings is 1. The summed E-state index contributed by atoms with van der Waals surface area (Å²) in [5.74, 6) is 1.14. The Hall–Kier alpha value is -4.19. The summed E-state index contributed by atoms with van der Waals surface area (Å²) >= 11 is 0. The van der Waals surface area contributed by atoms with Crippen molar-refractivity contribution in [2.45, 2.75) is 25.5 Å². The van der Waals surface area contributed by atoms with Crippen molar-refractivity contribution < 1.29 is 14.2 Å². The van der Waals surface area contributed by atoms with Crippen LogP contribution < -0.4 is 15.0 Å². The van der Waals surface area contributed by atoms with Crippen molar-refractivity contribution in [1.29, 1.82) is 0 Å². The molecule has 0 bridgehead atoms. The van der Waals surface area contributed by atoms with Crippen molar-refractivity contribution in [1.82, 2.24) is 29.7 Å². The van der Waals surface area contributed by atoms with E-state index in [1.165, 1.54) is 13.2 Å². The van der Waals surface area contributed by atoms with Crippen LogP contribution in [0, 0.1) is 5.82 Å². The highest BCUT2D eigenvalue weighted by atomic mass is 19.1. The van der Waals surface area contributed by atoms with Crippen molar-refractivity contribution in [3.63, 3.8) is 0 Å². The molecular formula is C32H37FN8O2. The van der Waals surface area contributed by atoms with Crippen LogP contribution in [-0.2, 0) is 6.54 Å². The Kier molecular flexibility index (Phi) is 8.73. The van der Waals surface area contributed by atoms with Crippen LogP contribution >= 0.6 is 0 Å². The SMILES string of the molecule is COc1cccc(F)c1-c1nccc(Nc2cc(N3CCC[C@H](O)C3)c(-c3ccc(CN4CCN(C)CC4)nc3)cn2)n1. The Morgan fingerprint density at radius 3 is 2.63 bits per heavy atom. The van der Waals surface area contributed by atoms with E-state index in [9.17, 15) is 9.50 Å². The smallest absolute Gasteiger partial charge is 0.168 e. The van der Waals surface area contributed by atoms with Gasteiger partial charge in [0.25, 0.3) is 0 Å². The van der Waals surface area contributed by atoms with Crippen LogP contribution in [-0.4, -0.2) is 94.4 Å². The zero-order valence-electron chi connectivity index (χ0n) is 24.6. The standard InChI is InChI=1S/C32H37FN8O2/c1-39-13-15-40(16-14-39)20-23-9-8-22(18-35-23)25-19-36-30(17-27(25)41-12-4-5-24(42)21-41)37-29-10-11-34-32(38-29)31-26(33)6-3-7-28(31)43-2/h3,6-11,17-19,24,42H,4-5,12-16,20-21H2,1-2H3,(H,34,36,37,38)/t24-/m0/s1. The van der Waals surface area contributed by atoms with Crippen LogP contribution in [0.15, 0.2) is 61.1 Å². The number of piperidine rings is 1. The van der Waals surface area contributed by atoms with E-state index in [4.69, 9.17) is 14.7 Å². The molecule has 2 aliphatic rings. The van der Waals surface area contributed by atoms with Gasteiger partial charge in [-0.2, -0.15) is 0 Å². The second kappa shape index (κ2) is 13.0. The molecule has 0 radical (unpaired) electrons. The van der Waals surface area contributed by atoms with Crippen molar-refractivity contribution in [3.05, 3.63) is 72.6 Å². The first kappa shape index (κ1) is 28.9. The monoisotopic (exact) mass is 584 g/mol. The highest BCUT2D eigenvalue weighted by molar-refractivity contribution is 5.80. The molecule has 1 aromatic carbocycles. The maximum Gasteiger partial charge on any atom is 0.168 e. The molecule has 10 nitrogen and oxygen atoms in total. The molecule has 11 heteroatoms. The van der Waals surface area contributed by atoms with Crippen LogP contribution in [0.4, 0.5) is 21.7 Å². The lowest BCUT2D eigenvalue weighted by atomic mass is 10.0. The average molecular weight is 585 g/mol. The predicted molar refractivity (Wildman–Crippen MR) is 165 cm³/mol. The fourth-order valence-electron chi connectivity index (χ4n) is 5.65. The minimum absolute atomic E-state index is 0.198. The van der Waals surface area contributed by atoms with Crippen LogP contribution in [0.1, 0.15) is 18.5 Å². The molecule has 2 saturated heterocycles. The molecule has 4 aromatic rings. The van der Waals surface area contributed by atoms with E-state index in [1.54, 1.807) is 24.4 Å². The maximum absolute atomic E-state index is 14.7. The third kappa shape index (κ3) is 6.74. The van der Waals surface area contributed by atoms with E-state index < -0.39 is 11.9 Å². The predicted octanol–water partition coefficient (Wildman–Crippen LogP) is 4.20. The van der Waals surface area contributed by atoms with E-state index in [-0.39, 0.29) is 11.4 Å². The zero-order valence-corrected chi connectivity index (χ0v) is 24.6. The summed E-state index contributed by atoms with van der Waals surface area (Å²) < 4.78 is 20.1. The third-order valence-electron chi connectivity index (χ3n) is 8.07. The number of piperazine rings is 1. The van der Waals surface area contributed by atoms with Gasteiger partial charge >= 0.3 is 0 Å². The van der Waals surface area contributed by atoms with Crippen LogP contribution in [0.5, 0.6) is 5.75 Å². The molecule has 5 heterocycles. The van der Waals surface area contributed by atoms with Gasteiger partial charge in [-0.15, -0.1) is 0 Å². The zero-order chi connectivity index (χ0) is 29.8. The minimum Gasteiger partial charge on any atom is -0.496 e. The van der Waals surface area contributed by atoms with Gasteiger partial charge in [0.2, 0.25) is 0 Å². The van der Waals surface area contributed by atoms with E-state index in [2.05, 4.69) is 49.2 Å². The molecule has 1 atom stereocenters. The number of aromatic nitrogens is 4. The molecule has 43 heavy (non-hydrogen) atoms. The summed E-state index contributed by atoms with van der Waals surface area (Å²) in [7, 11) is 3.65. The van der Waals surface area contributed by atoms with Gasteiger partial charge in [-0.25, -0.2) is 19.3 Å². The number of pyridine rings is 2. The van der Waals surface area contributed by atoms with Crippen LogP contribution in [0.2, 0.25) is 0 Å². The first-order chi connectivity index (χ1) is 21.0. The molecular weight excluding hydrogens is 547 g/mol. The number of anilines is 3. The van der Waals surface area contributed by atoms with E-state index in [0.29, 0.717) is 23.9 Å². The summed E-state index contributed by atoms with van der Waals surface area (Å²) in [5, 5.41) is 13.7. The van der Waals surface area contributed by atoms with Crippen molar-refractivity contribution in [2.75, 3.05) is 63.6 Å². The van der Waals surface area contributed by atoms with Crippen molar-refractivity contribution >= 4 is 17.3 Å². The second-order valence-electron chi connectivity index (χ2n) is 11.2. The number of ether oxygens (including phenoxy) is 1. The lowest BCUT2D eigenvalue weighted by molar-refractivity contribution is 0.147. The summed E-state index contributed by atoms with van der Waals surface area (Å²) in [5.41, 5.74) is 4.10. The number of hydrogen-bond acceptors (Lipinski definition) is 10. The Bertz CT molecular complexity index is 1550. The first-order valence-corrected chi connectivity index (χ1v) is 14.7. The molecule has 0 saturated carbocycles. The van der Waals surface area contributed by atoms with Crippen molar-refractivity contribution in [3.8, 4) is 28.3 Å². The number of likely N-dealkylation sites (N-methyl/N-ethyl adjacent to an activating group) is 1. The average Bonchev–Trinajstić information content (AvgIpc) is 3.02. The van der Waals surface area contributed by atoms with E-state index in [0.717, 1.165) is 74.6 Å². The maximum atomic E-state index is 14.7.